The maximum atomic E-state index is 13.8. The predicted octanol–water partition coefficient (Wildman–Crippen LogP) is 4.09. The topological polar surface area (TPSA) is 126 Å². The van der Waals surface area contributed by atoms with Crippen LogP contribution in [0, 0.1) is 11.3 Å². The van der Waals surface area contributed by atoms with Gasteiger partial charge in [-0.05, 0) is 65.7 Å². The van der Waals surface area contributed by atoms with Crippen LogP contribution in [0.4, 0.5) is 5.82 Å². The molecule has 10 nitrogen and oxygen atoms in total. The molecule has 2 atom stereocenters. The lowest BCUT2D eigenvalue weighted by Crippen LogP contribution is -2.57. The van der Waals surface area contributed by atoms with E-state index in [9.17, 15) is 14.9 Å². The van der Waals surface area contributed by atoms with Crippen molar-refractivity contribution in [2.75, 3.05) is 31.7 Å². The monoisotopic (exact) mass is 589 g/mol. The van der Waals surface area contributed by atoms with E-state index in [0.717, 1.165) is 11.1 Å². The molecule has 10 heteroatoms. The Hall–Kier alpha value is -5.56. The van der Waals surface area contributed by atoms with Crippen molar-refractivity contribution in [2.24, 2.45) is 0 Å². The Kier molecular flexibility index (Phi) is 8.28. The maximum Gasteiger partial charge on any atom is 0.258 e. The average molecular weight is 590 g/mol. The van der Waals surface area contributed by atoms with Crippen molar-refractivity contribution < 1.29 is 23.8 Å². The van der Waals surface area contributed by atoms with Crippen LogP contribution in [-0.2, 0) is 11.3 Å². The summed E-state index contributed by atoms with van der Waals surface area (Å²) in [5, 5.41) is 15.5. The number of amides is 2. The number of hydrogen-bond acceptors (Lipinski definition) is 8. The molecule has 1 saturated heterocycles. The number of fused-ring (bicyclic) bond motifs is 7. The third-order valence-corrected chi connectivity index (χ3v) is 7.74. The van der Waals surface area contributed by atoms with Gasteiger partial charge < -0.3 is 29.7 Å². The lowest BCUT2D eigenvalue weighted by atomic mass is 9.99. The number of aromatic nitrogens is 1. The summed E-state index contributed by atoms with van der Waals surface area (Å²) in [5.74, 6) is 1.93. The van der Waals surface area contributed by atoms with E-state index in [1.54, 1.807) is 49.7 Å². The van der Waals surface area contributed by atoms with E-state index in [1.807, 2.05) is 42.5 Å². The molecule has 7 rings (SSSR count). The van der Waals surface area contributed by atoms with E-state index in [4.69, 9.17) is 14.2 Å². The van der Waals surface area contributed by atoms with Gasteiger partial charge in [0.05, 0.1) is 24.8 Å². The molecule has 0 radical (unpaired) electrons. The second kappa shape index (κ2) is 12.8. The number of ether oxygens (including phenoxy) is 3. The van der Waals surface area contributed by atoms with Crippen LogP contribution in [0.25, 0.3) is 11.1 Å². The number of nitrogens with zero attached hydrogens (tertiary/aromatic N) is 3. The molecule has 1 fully saturated rings. The molecule has 4 aromatic rings. The van der Waals surface area contributed by atoms with Gasteiger partial charge >= 0.3 is 0 Å². The first-order valence-electron chi connectivity index (χ1n) is 14.3. The molecule has 2 amide bonds. The number of nitriles is 1. The molecule has 2 N–H and O–H groups in total. The van der Waals surface area contributed by atoms with Crippen molar-refractivity contribution in [3.05, 3.63) is 102 Å². The number of methoxy groups -OCH3 is 1. The van der Waals surface area contributed by atoms with Crippen LogP contribution in [0.5, 0.6) is 17.2 Å². The van der Waals surface area contributed by atoms with E-state index < -0.39 is 6.04 Å². The normalized spacial score (nSPS) is 18.4. The third-order valence-electron chi connectivity index (χ3n) is 7.74. The number of benzene rings is 3. The highest BCUT2D eigenvalue weighted by molar-refractivity contribution is 5.96. The van der Waals surface area contributed by atoms with Crippen molar-refractivity contribution in [1.82, 2.24) is 15.6 Å². The van der Waals surface area contributed by atoms with E-state index in [2.05, 4.69) is 26.6 Å². The number of hydrogen-bond donors (Lipinski definition) is 2. The van der Waals surface area contributed by atoms with Crippen LogP contribution in [0.1, 0.15) is 27.9 Å². The van der Waals surface area contributed by atoms with E-state index in [1.165, 1.54) is 0 Å². The zero-order valence-corrected chi connectivity index (χ0v) is 24.2. The quantitative estimate of drug-likeness (QED) is 0.358. The molecule has 3 aromatic carbocycles. The molecule has 3 aliphatic heterocycles. The zero-order chi connectivity index (χ0) is 30.5. The Balaban J connectivity index is 1.35. The van der Waals surface area contributed by atoms with Gasteiger partial charge in [-0.25, -0.2) is 4.98 Å². The molecule has 1 aromatic heterocycles. The highest BCUT2D eigenvalue weighted by Gasteiger charge is 2.33. The van der Waals surface area contributed by atoms with Crippen LogP contribution < -0.4 is 29.7 Å². The second-order valence-electron chi connectivity index (χ2n) is 10.6. The Labute approximate surface area is 255 Å². The molecule has 0 unspecified atom stereocenters. The average Bonchev–Trinajstić information content (AvgIpc) is 3.07. The van der Waals surface area contributed by atoms with Crippen molar-refractivity contribution >= 4 is 17.6 Å². The number of nitrogens with one attached hydrogen (secondary N) is 2. The van der Waals surface area contributed by atoms with Crippen molar-refractivity contribution in [2.45, 2.75) is 25.1 Å². The number of pyridine rings is 1. The molecular weight excluding hydrogens is 558 g/mol. The van der Waals surface area contributed by atoms with Crippen LogP contribution in [0.15, 0.2) is 85.1 Å². The largest absolute Gasteiger partial charge is 0.496 e. The summed E-state index contributed by atoms with van der Waals surface area (Å²) in [6, 6.07) is 25.3. The standard InChI is InChI=1S/C34H31N5O5/c1-42-30-10-7-25-17-28(30)24-3-2-4-27(16-24)43-21-33(40)37-19-22-5-8-26(9-6-22)44-31-12-14-39(20-29(31)38-34(25)41)32-15-23(18-35)11-13-36-32/h2-11,13,15-17,29,31H,12,14,19-21H2,1H3,(H,37,40)(H,38,41)/t29-,31-/m1/s1. The van der Waals surface area contributed by atoms with Gasteiger partial charge in [-0.2, -0.15) is 5.26 Å². The number of carbonyl (C=O) groups excluding carboxylic acids is 2. The lowest BCUT2D eigenvalue weighted by Gasteiger charge is -2.39. The highest BCUT2D eigenvalue weighted by atomic mass is 16.5. The molecule has 44 heavy (non-hydrogen) atoms. The Morgan fingerprint density at radius 2 is 1.86 bits per heavy atom. The molecule has 0 aliphatic carbocycles. The summed E-state index contributed by atoms with van der Waals surface area (Å²) in [4.78, 5) is 32.8. The number of anilines is 1. The maximum absolute atomic E-state index is 13.8. The molecule has 0 spiro atoms. The van der Waals surface area contributed by atoms with Crippen LogP contribution >= 0.6 is 0 Å². The fourth-order valence-electron chi connectivity index (χ4n) is 5.42. The number of rotatable bonds is 2. The summed E-state index contributed by atoms with van der Waals surface area (Å²) >= 11 is 0. The SMILES string of the molecule is COc1ccc2cc1-c1cccc(c1)OCC(=O)NCc1ccc(cc1)O[C@@H]1CCN(c3cc(C#N)ccn3)C[C@H]1NC2=O. The molecule has 222 valence electrons. The van der Waals surface area contributed by atoms with Gasteiger partial charge in [-0.15, -0.1) is 0 Å². The van der Waals surface area contributed by atoms with Gasteiger partial charge in [0.25, 0.3) is 11.8 Å². The van der Waals surface area contributed by atoms with Crippen LogP contribution in [0.3, 0.4) is 0 Å². The molecule has 6 bridgehead atoms. The summed E-state index contributed by atoms with van der Waals surface area (Å²) in [5.41, 5.74) is 3.36. The minimum atomic E-state index is -0.393. The van der Waals surface area contributed by atoms with Gasteiger partial charge in [-0.3, -0.25) is 9.59 Å². The summed E-state index contributed by atoms with van der Waals surface area (Å²) < 4.78 is 17.8. The predicted molar refractivity (Wildman–Crippen MR) is 164 cm³/mol. The summed E-state index contributed by atoms with van der Waals surface area (Å²) in [6.45, 7) is 1.28. The second-order valence-corrected chi connectivity index (χ2v) is 10.6. The molecular formula is C34H31N5O5. The van der Waals surface area contributed by atoms with E-state index in [0.29, 0.717) is 65.8 Å². The first-order chi connectivity index (χ1) is 21.5. The third kappa shape index (κ3) is 6.42. The van der Waals surface area contributed by atoms with Crippen molar-refractivity contribution in [3.8, 4) is 34.4 Å². The Morgan fingerprint density at radius 3 is 2.68 bits per heavy atom. The van der Waals surface area contributed by atoms with Crippen LogP contribution in [0.2, 0.25) is 0 Å². The lowest BCUT2D eigenvalue weighted by molar-refractivity contribution is -0.123. The van der Waals surface area contributed by atoms with Gasteiger partial charge in [0, 0.05) is 43.4 Å². The Morgan fingerprint density at radius 1 is 1.00 bits per heavy atom. The number of piperidine rings is 1. The Bertz CT molecular complexity index is 1720. The minimum Gasteiger partial charge on any atom is -0.496 e. The van der Waals surface area contributed by atoms with Gasteiger partial charge in [0.1, 0.15) is 29.2 Å². The van der Waals surface area contributed by atoms with Gasteiger partial charge in [0.15, 0.2) is 6.61 Å². The summed E-state index contributed by atoms with van der Waals surface area (Å²) in [7, 11) is 1.58. The van der Waals surface area contributed by atoms with E-state index >= 15 is 0 Å². The molecule has 0 saturated carbocycles. The fraction of sp³-hybridized carbons (Fsp3) is 0.235. The van der Waals surface area contributed by atoms with E-state index in [-0.39, 0.29) is 24.5 Å². The molecule has 4 heterocycles. The number of carbonyl (C=O) groups is 2. The first-order valence-corrected chi connectivity index (χ1v) is 14.3. The van der Waals surface area contributed by atoms with Crippen molar-refractivity contribution in [1.29, 1.82) is 5.26 Å². The van der Waals surface area contributed by atoms with Crippen molar-refractivity contribution in [3.63, 3.8) is 0 Å². The zero-order valence-electron chi connectivity index (χ0n) is 24.2. The van der Waals surface area contributed by atoms with Gasteiger partial charge in [-0.1, -0.05) is 24.3 Å². The molecule has 3 aliphatic rings. The minimum absolute atomic E-state index is 0.138. The fourth-order valence-corrected chi connectivity index (χ4v) is 5.42. The highest BCUT2D eigenvalue weighted by Crippen LogP contribution is 2.33. The first kappa shape index (κ1) is 28.6. The van der Waals surface area contributed by atoms with Gasteiger partial charge in [0.2, 0.25) is 0 Å². The smallest absolute Gasteiger partial charge is 0.258 e. The van der Waals surface area contributed by atoms with Crippen LogP contribution in [-0.4, -0.2) is 55.8 Å². The summed E-state index contributed by atoms with van der Waals surface area (Å²) in [6.07, 6.45) is 1.91.